The average molecular weight is 876 g/mol. The molecule has 3 aromatic carbocycles. The Kier molecular flexibility index (Phi) is 19.0. The van der Waals surface area contributed by atoms with Gasteiger partial charge in [0.2, 0.25) is 29.5 Å². The molecule has 17 heteroatoms. The maximum atomic E-state index is 14.2. The van der Waals surface area contributed by atoms with Crippen LogP contribution in [0.2, 0.25) is 5.02 Å². The summed E-state index contributed by atoms with van der Waals surface area (Å²) in [6.45, 7) is 3.31. The summed E-state index contributed by atoms with van der Waals surface area (Å²) in [6, 6.07) is 15.9. The number of hydrogen-bond acceptors (Lipinski definition) is 8. The Balaban J connectivity index is 1.63. The number of phenolic OH excluding ortho intramolecular Hbond substituents is 1. The number of carbonyl (C=O) groups excluding carboxylic acids is 6. The minimum Gasteiger partial charge on any atom is -0.506 e. The number of nitrogens with zero attached hydrogens (tertiary/aromatic N) is 1. The monoisotopic (exact) mass is 875 g/mol. The fourth-order valence-electron chi connectivity index (χ4n) is 7.00. The van der Waals surface area contributed by atoms with Crippen LogP contribution in [0.5, 0.6) is 5.75 Å². The zero-order valence-electron chi connectivity index (χ0n) is 35.3. The molecule has 1 unspecified atom stereocenters. The fraction of sp³-hybridized carbons (Fsp3) is 0.444. The van der Waals surface area contributed by atoms with E-state index in [1.165, 1.54) is 19.2 Å². The number of amides is 7. The molecule has 3 aromatic rings. The van der Waals surface area contributed by atoms with Gasteiger partial charge in [0.15, 0.2) is 0 Å². The topological polar surface area (TPSA) is 235 Å². The van der Waals surface area contributed by atoms with Gasteiger partial charge in [-0.05, 0) is 79.7 Å². The van der Waals surface area contributed by atoms with E-state index in [4.69, 9.17) is 11.6 Å². The molecule has 16 nitrogen and oxygen atoms in total. The number of carbonyl (C=O) groups is 7. The van der Waals surface area contributed by atoms with Gasteiger partial charge in [0, 0.05) is 20.0 Å². The summed E-state index contributed by atoms with van der Waals surface area (Å²) in [6.07, 6.45) is 2.15. The molecule has 4 rings (SSSR count). The van der Waals surface area contributed by atoms with Crippen molar-refractivity contribution in [3.05, 3.63) is 101 Å². The van der Waals surface area contributed by atoms with Gasteiger partial charge in [0.1, 0.15) is 36.0 Å². The summed E-state index contributed by atoms with van der Waals surface area (Å²) in [7, 11) is 1.41. The highest BCUT2D eigenvalue weighted by atomic mass is 35.5. The number of phenols is 1. The zero-order chi connectivity index (χ0) is 45.2. The number of carboxylic acids is 1. The van der Waals surface area contributed by atoms with Crippen molar-refractivity contribution in [2.24, 2.45) is 5.92 Å². The molecule has 1 fully saturated rings. The first-order valence-electron chi connectivity index (χ1n) is 20.9. The Labute approximate surface area is 366 Å². The molecule has 62 heavy (non-hydrogen) atoms. The summed E-state index contributed by atoms with van der Waals surface area (Å²) in [5.74, 6) is -4.91. The molecule has 0 radical (unpaired) electrons. The lowest BCUT2D eigenvalue weighted by molar-refractivity contribution is -0.140. The molecule has 7 amide bonds. The van der Waals surface area contributed by atoms with E-state index in [0.29, 0.717) is 36.8 Å². The lowest BCUT2D eigenvalue weighted by Crippen LogP contribution is -2.60. The number of urea groups is 1. The van der Waals surface area contributed by atoms with Gasteiger partial charge in [-0.25, -0.2) is 9.59 Å². The number of carboxylic acid groups (broad SMARTS) is 1. The van der Waals surface area contributed by atoms with E-state index >= 15 is 0 Å². The van der Waals surface area contributed by atoms with E-state index < -0.39 is 84.2 Å². The standard InChI is InChI=1S/C45H58ClN7O9/c1-4-28(2)39-42(58)49-35(22-19-31-20-23-37(54)32(46)25-31)43(59)53(3)27-38(55)48-34(21-18-29-13-7-5-8-14-29)40(56)47-24-12-11-17-33(41(57)52-39)50-45(62)51-36(44(60)61)26-30-15-9-6-10-16-30/h5-10,13-16,20,23,25,28,33-36,39,54H,4,11-12,17-19,21-22,24,26-27H2,1-3H3,(H,47,56)(H,48,55)(H,49,58)(H,52,57)(H,60,61)(H2,50,51,62)/t28-,33-,34+,35+,36+,39?/m1/s1. The van der Waals surface area contributed by atoms with E-state index in [2.05, 4.69) is 31.9 Å². The van der Waals surface area contributed by atoms with Crippen molar-refractivity contribution in [3.63, 3.8) is 0 Å². The Morgan fingerprint density at radius 2 is 1.47 bits per heavy atom. The zero-order valence-corrected chi connectivity index (χ0v) is 36.1. The Bertz CT molecular complexity index is 2010. The summed E-state index contributed by atoms with van der Waals surface area (Å²) in [5.41, 5.74) is 2.29. The number of rotatable bonds is 13. The van der Waals surface area contributed by atoms with E-state index in [1.54, 1.807) is 43.3 Å². The first-order valence-corrected chi connectivity index (χ1v) is 21.3. The lowest BCUT2D eigenvalue weighted by atomic mass is 9.96. The average Bonchev–Trinajstić information content (AvgIpc) is 3.25. The maximum Gasteiger partial charge on any atom is 0.326 e. The Morgan fingerprint density at radius 3 is 2.11 bits per heavy atom. The number of aryl methyl sites for hydroxylation is 2. The van der Waals surface area contributed by atoms with E-state index in [0.717, 1.165) is 10.5 Å². The van der Waals surface area contributed by atoms with Crippen molar-refractivity contribution < 1.29 is 43.8 Å². The number of likely N-dealkylation sites (N-methyl/N-ethyl adjacent to an activating group) is 1. The van der Waals surface area contributed by atoms with Crippen LogP contribution in [0.1, 0.15) is 69.1 Å². The molecular weight excluding hydrogens is 818 g/mol. The third-order valence-corrected chi connectivity index (χ3v) is 11.1. The quantitative estimate of drug-likeness (QED) is 0.126. The van der Waals surface area contributed by atoms with Crippen molar-refractivity contribution in [2.75, 3.05) is 20.1 Å². The SMILES string of the molecule is CC[C@@H](C)C1NC(=O)[C@H](NC(=O)N[C@@H](Cc2ccccc2)C(=O)O)CCCCNC(=O)[C@H](CCc2ccccc2)NC(=O)CN(C)C(=O)[C@H](CCc2ccc(O)c(Cl)c2)NC1=O. The predicted octanol–water partition coefficient (Wildman–Crippen LogP) is 3.23. The third-order valence-electron chi connectivity index (χ3n) is 10.8. The first-order chi connectivity index (χ1) is 29.6. The lowest BCUT2D eigenvalue weighted by Gasteiger charge is -2.30. The van der Waals surface area contributed by atoms with Crippen LogP contribution >= 0.6 is 11.6 Å². The number of aliphatic carboxylic acids is 1. The molecule has 8 N–H and O–H groups in total. The van der Waals surface area contributed by atoms with E-state index in [1.807, 2.05) is 37.3 Å². The molecule has 1 saturated heterocycles. The summed E-state index contributed by atoms with van der Waals surface area (Å²) in [4.78, 5) is 96.1. The van der Waals surface area contributed by atoms with Gasteiger partial charge in [-0.1, -0.05) is 98.6 Å². The molecule has 6 atom stereocenters. The van der Waals surface area contributed by atoms with Crippen LogP contribution in [0.4, 0.5) is 4.79 Å². The molecule has 0 saturated carbocycles. The highest BCUT2D eigenvalue weighted by molar-refractivity contribution is 6.32. The largest absolute Gasteiger partial charge is 0.506 e. The van der Waals surface area contributed by atoms with Gasteiger partial charge in [-0.3, -0.25) is 24.0 Å². The van der Waals surface area contributed by atoms with Gasteiger partial charge in [-0.2, -0.15) is 0 Å². The normalized spacial score (nSPS) is 20.8. The van der Waals surface area contributed by atoms with Crippen molar-refractivity contribution in [2.45, 2.75) is 102 Å². The second-order valence-electron chi connectivity index (χ2n) is 15.6. The van der Waals surface area contributed by atoms with Crippen LogP contribution in [0.15, 0.2) is 78.9 Å². The molecule has 1 aliphatic rings. The van der Waals surface area contributed by atoms with E-state index in [9.17, 15) is 43.8 Å². The second kappa shape index (κ2) is 24.3. The third kappa shape index (κ3) is 15.4. The molecule has 334 valence electrons. The minimum atomic E-state index is -1.32. The van der Waals surface area contributed by atoms with Crippen molar-refractivity contribution in [1.29, 1.82) is 0 Å². The number of nitrogens with one attached hydrogen (secondary N) is 6. The van der Waals surface area contributed by atoms with Crippen LogP contribution in [-0.4, -0.2) is 107 Å². The van der Waals surface area contributed by atoms with Crippen LogP contribution in [0.25, 0.3) is 0 Å². The van der Waals surface area contributed by atoms with Gasteiger partial charge in [0.25, 0.3) is 0 Å². The van der Waals surface area contributed by atoms with Crippen LogP contribution < -0.4 is 31.9 Å². The summed E-state index contributed by atoms with van der Waals surface area (Å²) in [5, 5.41) is 36.2. The highest BCUT2D eigenvalue weighted by Gasteiger charge is 2.34. The summed E-state index contributed by atoms with van der Waals surface area (Å²) >= 11 is 6.15. The maximum absolute atomic E-state index is 14.2. The van der Waals surface area contributed by atoms with Crippen molar-refractivity contribution in [1.82, 2.24) is 36.8 Å². The molecular formula is C45H58ClN7O9. The van der Waals surface area contributed by atoms with Gasteiger partial charge < -0.3 is 47.0 Å². The smallest absolute Gasteiger partial charge is 0.326 e. The second-order valence-corrected chi connectivity index (χ2v) is 16.0. The number of hydrogen-bond donors (Lipinski definition) is 8. The number of halogens is 1. The van der Waals surface area contributed by atoms with Crippen molar-refractivity contribution in [3.8, 4) is 5.75 Å². The number of benzene rings is 3. The predicted molar refractivity (Wildman–Crippen MR) is 233 cm³/mol. The molecule has 0 aliphatic carbocycles. The van der Waals surface area contributed by atoms with Crippen LogP contribution in [0, 0.1) is 5.92 Å². The highest BCUT2D eigenvalue weighted by Crippen LogP contribution is 2.24. The van der Waals surface area contributed by atoms with Crippen LogP contribution in [-0.2, 0) is 48.0 Å². The molecule has 1 heterocycles. The minimum absolute atomic E-state index is 0.0158. The Hall–Kier alpha value is -6.16. The fourth-order valence-corrected chi connectivity index (χ4v) is 7.20. The van der Waals surface area contributed by atoms with Crippen LogP contribution in [0.3, 0.4) is 0 Å². The van der Waals surface area contributed by atoms with Gasteiger partial charge in [-0.15, -0.1) is 0 Å². The van der Waals surface area contributed by atoms with Crippen molar-refractivity contribution >= 4 is 53.1 Å². The molecule has 0 aromatic heterocycles. The van der Waals surface area contributed by atoms with Gasteiger partial charge >= 0.3 is 12.0 Å². The molecule has 0 spiro atoms. The summed E-state index contributed by atoms with van der Waals surface area (Å²) < 4.78 is 0. The molecule has 0 bridgehead atoms. The number of aromatic hydroxyl groups is 1. The first kappa shape index (κ1) is 48.5. The van der Waals surface area contributed by atoms with Gasteiger partial charge in [0.05, 0.1) is 11.6 Å². The van der Waals surface area contributed by atoms with E-state index in [-0.39, 0.29) is 49.4 Å². The molecule has 1 aliphatic heterocycles. The Morgan fingerprint density at radius 1 is 0.823 bits per heavy atom.